The Balaban J connectivity index is 1.43. The van der Waals surface area contributed by atoms with E-state index in [4.69, 9.17) is 0 Å². The zero-order valence-electron chi connectivity index (χ0n) is 19.4. The van der Waals surface area contributed by atoms with Crippen molar-refractivity contribution in [3.05, 3.63) is 53.2 Å². The summed E-state index contributed by atoms with van der Waals surface area (Å²) in [6.45, 7) is 7.74. The van der Waals surface area contributed by atoms with Gasteiger partial charge in [0.05, 0.1) is 23.3 Å². The van der Waals surface area contributed by atoms with Gasteiger partial charge in [0, 0.05) is 30.1 Å². The van der Waals surface area contributed by atoms with Crippen LogP contribution in [-0.2, 0) is 0 Å². The van der Waals surface area contributed by atoms with E-state index < -0.39 is 23.8 Å². The number of nitrogens with one attached hydrogen (secondary N) is 1. The molecule has 0 saturated carbocycles. The Morgan fingerprint density at radius 3 is 2.62 bits per heavy atom. The number of fused-ring (bicyclic) bond motifs is 1. The largest absolute Gasteiger partial charge is 0.363 e. The number of benzene rings is 1. The smallest absolute Gasteiger partial charge is 0.266 e. The molecule has 9 heteroatoms. The minimum Gasteiger partial charge on any atom is -0.363 e. The van der Waals surface area contributed by atoms with Crippen LogP contribution in [0.4, 0.5) is 24.8 Å². The van der Waals surface area contributed by atoms with Crippen molar-refractivity contribution in [2.24, 2.45) is 0 Å². The van der Waals surface area contributed by atoms with Gasteiger partial charge in [-0.2, -0.15) is 0 Å². The van der Waals surface area contributed by atoms with E-state index in [0.29, 0.717) is 23.2 Å². The van der Waals surface area contributed by atoms with E-state index >= 15 is 0 Å². The van der Waals surface area contributed by atoms with Gasteiger partial charge in [-0.3, -0.25) is 4.90 Å². The van der Waals surface area contributed by atoms with E-state index in [1.807, 2.05) is 6.07 Å². The molecular weight excluding hydrogens is 441 g/mol. The van der Waals surface area contributed by atoms with Crippen LogP contribution in [0, 0.1) is 12.7 Å². The summed E-state index contributed by atoms with van der Waals surface area (Å²) in [4.78, 5) is 18.6. The highest BCUT2D eigenvalue weighted by Crippen LogP contribution is 2.32. The molecule has 4 heterocycles. The molecule has 1 aromatic carbocycles. The number of hydrogen-bond acceptors (Lipinski definition) is 6. The van der Waals surface area contributed by atoms with Gasteiger partial charge < -0.3 is 10.2 Å². The van der Waals surface area contributed by atoms with E-state index in [9.17, 15) is 13.2 Å². The first-order valence-electron chi connectivity index (χ1n) is 11.9. The second kappa shape index (κ2) is 9.37. The van der Waals surface area contributed by atoms with Crippen LogP contribution in [0.5, 0.6) is 0 Å². The second-order valence-corrected chi connectivity index (χ2v) is 9.23. The van der Waals surface area contributed by atoms with Crippen LogP contribution >= 0.6 is 0 Å². The summed E-state index contributed by atoms with van der Waals surface area (Å²) in [5.41, 5.74) is 0.260. The van der Waals surface area contributed by atoms with Gasteiger partial charge in [0.2, 0.25) is 0 Å². The zero-order chi connectivity index (χ0) is 23.8. The average molecular weight is 471 g/mol. The molecule has 5 rings (SSSR count). The molecule has 3 aromatic rings. The topological polar surface area (TPSA) is 57.2 Å². The Bertz CT molecular complexity index is 1180. The monoisotopic (exact) mass is 470 g/mol. The van der Waals surface area contributed by atoms with Crippen LogP contribution in [0.25, 0.3) is 10.9 Å². The maximum Gasteiger partial charge on any atom is 0.266 e. The van der Waals surface area contributed by atoms with Gasteiger partial charge in [-0.1, -0.05) is 18.2 Å². The number of aromatic nitrogens is 3. The number of halogens is 3. The van der Waals surface area contributed by atoms with Gasteiger partial charge >= 0.3 is 0 Å². The van der Waals surface area contributed by atoms with Crippen LogP contribution in [0.2, 0.25) is 0 Å². The maximum atomic E-state index is 14.7. The van der Waals surface area contributed by atoms with Crippen molar-refractivity contribution in [2.45, 2.75) is 51.6 Å². The summed E-state index contributed by atoms with van der Waals surface area (Å²) in [6, 6.07) is 6.04. The third-order valence-electron chi connectivity index (χ3n) is 6.94. The summed E-state index contributed by atoms with van der Waals surface area (Å²) in [6.07, 6.45) is 2.54. The second-order valence-electron chi connectivity index (χ2n) is 9.23. The number of nitrogens with zero attached hydrogens (tertiary/aromatic N) is 5. The Morgan fingerprint density at radius 1 is 1.09 bits per heavy atom. The lowest BCUT2D eigenvalue weighted by Gasteiger charge is -2.24. The Hall–Kier alpha value is -2.94. The number of alkyl halides is 2. The van der Waals surface area contributed by atoms with Crippen molar-refractivity contribution in [3.8, 4) is 0 Å². The molecule has 2 saturated heterocycles. The molecule has 2 fully saturated rings. The normalized spacial score (nSPS) is 19.9. The maximum absolute atomic E-state index is 14.7. The van der Waals surface area contributed by atoms with Crippen LogP contribution in [-0.4, -0.2) is 52.1 Å². The van der Waals surface area contributed by atoms with Crippen LogP contribution < -0.4 is 10.2 Å². The highest BCUT2D eigenvalue weighted by atomic mass is 19.3. The first-order valence-corrected chi connectivity index (χ1v) is 11.9. The summed E-state index contributed by atoms with van der Waals surface area (Å²) >= 11 is 0. The van der Waals surface area contributed by atoms with E-state index in [0.717, 1.165) is 36.8 Å². The quantitative estimate of drug-likeness (QED) is 0.531. The summed E-state index contributed by atoms with van der Waals surface area (Å²) in [5.74, 6) is 1.06. The lowest BCUT2D eigenvalue weighted by molar-refractivity contribution is 0.146. The highest BCUT2D eigenvalue weighted by molar-refractivity contribution is 5.90. The van der Waals surface area contributed by atoms with Crippen LogP contribution in [0.15, 0.2) is 30.5 Å². The number of pyridine rings is 1. The van der Waals surface area contributed by atoms with Crippen molar-refractivity contribution in [1.29, 1.82) is 0 Å². The van der Waals surface area contributed by atoms with Crippen molar-refractivity contribution in [2.75, 3.05) is 36.4 Å². The van der Waals surface area contributed by atoms with Crippen molar-refractivity contribution in [1.82, 2.24) is 19.9 Å². The molecule has 0 amide bonds. The van der Waals surface area contributed by atoms with E-state index in [2.05, 4.69) is 30.1 Å². The van der Waals surface area contributed by atoms with Gasteiger partial charge in [-0.15, -0.1) is 0 Å². The molecule has 0 bridgehead atoms. The molecule has 1 unspecified atom stereocenters. The van der Waals surface area contributed by atoms with Gasteiger partial charge in [0.25, 0.3) is 6.43 Å². The summed E-state index contributed by atoms with van der Waals surface area (Å²) < 4.78 is 41.1. The molecule has 2 aliphatic heterocycles. The molecular formula is C25H29F3N6. The molecule has 2 atom stereocenters. The molecule has 1 N–H and O–H groups in total. The van der Waals surface area contributed by atoms with E-state index in [-0.39, 0.29) is 5.56 Å². The standard InChI is InChI=1S/C25H29F3N6/c1-15(18-6-5-7-19(23(18)26)24(27)28)30-25-20-12-22(29-13-21(20)31-16(2)32-25)34-11-8-17(14-34)33-9-3-4-10-33/h5-7,12-13,15,17,24H,3-4,8-11,14H2,1-2H3,(H,30,31,32)/t15-,17?/m1/s1. The molecule has 0 aliphatic carbocycles. The molecule has 6 nitrogen and oxygen atoms in total. The fourth-order valence-corrected chi connectivity index (χ4v) is 5.13. The molecule has 180 valence electrons. The van der Waals surface area contributed by atoms with E-state index in [1.54, 1.807) is 20.0 Å². The zero-order valence-corrected chi connectivity index (χ0v) is 19.4. The minimum atomic E-state index is -2.87. The lowest BCUT2D eigenvalue weighted by Crippen LogP contribution is -2.35. The minimum absolute atomic E-state index is 0.171. The number of anilines is 2. The third-order valence-corrected chi connectivity index (χ3v) is 6.94. The molecule has 34 heavy (non-hydrogen) atoms. The van der Waals surface area contributed by atoms with Crippen LogP contribution in [0.1, 0.15) is 55.6 Å². The number of aryl methyl sites for hydroxylation is 1. The van der Waals surface area contributed by atoms with Crippen molar-refractivity contribution in [3.63, 3.8) is 0 Å². The van der Waals surface area contributed by atoms with Gasteiger partial charge in [0.15, 0.2) is 0 Å². The first kappa shape index (κ1) is 22.8. The number of likely N-dealkylation sites (tertiary alicyclic amines) is 1. The first-order chi connectivity index (χ1) is 16.4. The predicted molar refractivity (Wildman–Crippen MR) is 127 cm³/mol. The fraction of sp³-hybridized carbons (Fsp3) is 0.480. The Labute approximate surface area is 197 Å². The summed E-state index contributed by atoms with van der Waals surface area (Å²) in [5, 5.41) is 4.01. The lowest BCUT2D eigenvalue weighted by atomic mass is 10.0. The molecule has 2 aliphatic rings. The molecule has 2 aromatic heterocycles. The number of rotatable bonds is 6. The predicted octanol–water partition coefficient (Wildman–Crippen LogP) is 5.26. The van der Waals surface area contributed by atoms with Gasteiger partial charge in [-0.25, -0.2) is 28.1 Å². The molecule has 0 radical (unpaired) electrons. The van der Waals surface area contributed by atoms with Crippen molar-refractivity contribution < 1.29 is 13.2 Å². The fourth-order valence-electron chi connectivity index (χ4n) is 5.13. The van der Waals surface area contributed by atoms with Gasteiger partial charge in [-0.05, 0) is 52.3 Å². The third kappa shape index (κ3) is 4.41. The SMILES string of the molecule is Cc1nc(N[C@H](C)c2cccc(C(F)F)c2F)c2cc(N3CCC(N4CCCC4)C3)ncc2n1. The van der Waals surface area contributed by atoms with Crippen molar-refractivity contribution >= 4 is 22.5 Å². The van der Waals surface area contributed by atoms with Crippen LogP contribution in [0.3, 0.4) is 0 Å². The number of hydrogen-bond donors (Lipinski definition) is 1. The average Bonchev–Trinajstić information content (AvgIpc) is 3.51. The van der Waals surface area contributed by atoms with E-state index in [1.165, 1.54) is 38.1 Å². The highest BCUT2D eigenvalue weighted by Gasteiger charge is 2.30. The van der Waals surface area contributed by atoms with Gasteiger partial charge in [0.1, 0.15) is 23.3 Å². The Morgan fingerprint density at radius 2 is 1.85 bits per heavy atom. The Kier molecular flexibility index (Phi) is 6.29. The summed E-state index contributed by atoms with van der Waals surface area (Å²) in [7, 11) is 0. The molecule has 0 spiro atoms.